The Kier molecular flexibility index (Phi) is 3.07. The number of fused-ring (bicyclic) bond motifs is 1. The summed E-state index contributed by atoms with van der Waals surface area (Å²) in [5.74, 6) is 0.876. The van der Waals surface area contributed by atoms with E-state index in [-0.39, 0.29) is 12.4 Å². The summed E-state index contributed by atoms with van der Waals surface area (Å²) in [4.78, 5) is 0. The highest BCUT2D eigenvalue weighted by molar-refractivity contribution is 5.85. The SMILES string of the molecule is Cl.Nc1ccc(-c2cc3ccccc3o2)cc1. The van der Waals surface area contributed by atoms with Gasteiger partial charge in [-0.3, -0.25) is 0 Å². The Hall–Kier alpha value is -1.93. The van der Waals surface area contributed by atoms with Crippen molar-refractivity contribution < 1.29 is 4.42 Å². The Morgan fingerprint density at radius 3 is 2.29 bits per heavy atom. The molecule has 2 N–H and O–H groups in total. The standard InChI is InChI=1S/C14H11NO.ClH/c15-12-7-5-10(6-8-12)14-9-11-3-1-2-4-13(11)16-14;/h1-9H,15H2;1H. The minimum atomic E-state index is 0. The number of halogens is 1. The van der Waals surface area contributed by atoms with Gasteiger partial charge in [-0.15, -0.1) is 12.4 Å². The van der Waals surface area contributed by atoms with Gasteiger partial charge in [0.25, 0.3) is 0 Å². The Morgan fingerprint density at radius 2 is 1.59 bits per heavy atom. The van der Waals surface area contributed by atoms with Crippen LogP contribution >= 0.6 is 12.4 Å². The van der Waals surface area contributed by atoms with E-state index in [0.29, 0.717) is 0 Å². The lowest BCUT2D eigenvalue weighted by Gasteiger charge is -1.96. The summed E-state index contributed by atoms with van der Waals surface area (Å²) in [5.41, 5.74) is 8.37. The third kappa shape index (κ3) is 2.12. The van der Waals surface area contributed by atoms with E-state index in [1.165, 1.54) is 0 Å². The zero-order valence-corrected chi connectivity index (χ0v) is 9.91. The average molecular weight is 246 g/mol. The van der Waals surface area contributed by atoms with Crippen molar-refractivity contribution in [2.45, 2.75) is 0 Å². The summed E-state index contributed by atoms with van der Waals surface area (Å²) in [5, 5.41) is 1.12. The molecular weight excluding hydrogens is 234 g/mol. The number of hydrogen-bond acceptors (Lipinski definition) is 2. The molecule has 2 aromatic carbocycles. The Morgan fingerprint density at radius 1 is 0.882 bits per heavy atom. The van der Waals surface area contributed by atoms with Gasteiger partial charge in [0, 0.05) is 16.6 Å². The number of hydrogen-bond donors (Lipinski definition) is 1. The van der Waals surface area contributed by atoms with Crippen molar-refractivity contribution in [1.82, 2.24) is 0 Å². The van der Waals surface area contributed by atoms with E-state index in [2.05, 4.69) is 0 Å². The largest absolute Gasteiger partial charge is 0.456 e. The van der Waals surface area contributed by atoms with Crippen LogP contribution in [0.1, 0.15) is 0 Å². The van der Waals surface area contributed by atoms with Gasteiger partial charge in [-0.1, -0.05) is 18.2 Å². The maximum atomic E-state index is 5.75. The van der Waals surface area contributed by atoms with E-state index in [1.807, 2.05) is 54.6 Å². The van der Waals surface area contributed by atoms with Gasteiger partial charge < -0.3 is 10.2 Å². The first-order chi connectivity index (χ1) is 7.83. The average Bonchev–Trinajstić information content (AvgIpc) is 2.73. The van der Waals surface area contributed by atoms with Crippen LogP contribution in [0, 0.1) is 0 Å². The lowest BCUT2D eigenvalue weighted by molar-refractivity contribution is 0.631. The highest BCUT2D eigenvalue weighted by atomic mass is 35.5. The van der Waals surface area contributed by atoms with E-state index in [9.17, 15) is 0 Å². The fraction of sp³-hybridized carbons (Fsp3) is 0. The van der Waals surface area contributed by atoms with Gasteiger partial charge in [-0.05, 0) is 36.4 Å². The minimum absolute atomic E-state index is 0. The van der Waals surface area contributed by atoms with Crippen molar-refractivity contribution in [1.29, 1.82) is 0 Å². The number of rotatable bonds is 1. The first-order valence-corrected chi connectivity index (χ1v) is 5.17. The zero-order chi connectivity index (χ0) is 11.0. The van der Waals surface area contributed by atoms with Gasteiger partial charge in [0.05, 0.1) is 0 Å². The fourth-order valence-electron chi connectivity index (χ4n) is 1.77. The van der Waals surface area contributed by atoms with Crippen molar-refractivity contribution in [3.8, 4) is 11.3 Å². The Bertz CT molecular complexity index is 595. The van der Waals surface area contributed by atoms with Gasteiger partial charge >= 0.3 is 0 Å². The second kappa shape index (κ2) is 4.52. The number of para-hydroxylation sites is 1. The summed E-state index contributed by atoms with van der Waals surface area (Å²) in [6.45, 7) is 0. The van der Waals surface area contributed by atoms with Crippen LogP contribution in [-0.4, -0.2) is 0 Å². The lowest BCUT2D eigenvalue weighted by atomic mass is 10.1. The van der Waals surface area contributed by atoms with E-state index < -0.39 is 0 Å². The van der Waals surface area contributed by atoms with Crippen LogP contribution in [0.15, 0.2) is 59.0 Å². The molecule has 0 spiro atoms. The molecule has 0 aliphatic heterocycles. The third-order valence-corrected chi connectivity index (χ3v) is 2.62. The van der Waals surface area contributed by atoms with Gasteiger partial charge in [-0.25, -0.2) is 0 Å². The van der Waals surface area contributed by atoms with Gasteiger partial charge in [0.15, 0.2) is 0 Å². The summed E-state index contributed by atoms with van der Waals surface area (Å²) in [7, 11) is 0. The topological polar surface area (TPSA) is 39.2 Å². The fourth-order valence-corrected chi connectivity index (χ4v) is 1.77. The van der Waals surface area contributed by atoms with E-state index in [1.54, 1.807) is 0 Å². The van der Waals surface area contributed by atoms with E-state index >= 15 is 0 Å². The molecule has 0 unspecified atom stereocenters. The normalized spacial score (nSPS) is 10.1. The smallest absolute Gasteiger partial charge is 0.135 e. The minimum Gasteiger partial charge on any atom is -0.456 e. The quantitative estimate of drug-likeness (QED) is 0.656. The van der Waals surface area contributed by atoms with Crippen molar-refractivity contribution in [3.63, 3.8) is 0 Å². The van der Waals surface area contributed by atoms with Crippen molar-refractivity contribution in [3.05, 3.63) is 54.6 Å². The number of furan rings is 1. The molecule has 3 heteroatoms. The molecule has 1 heterocycles. The van der Waals surface area contributed by atoms with Crippen LogP contribution in [0.4, 0.5) is 5.69 Å². The summed E-state index contributed by atoms with van der Waals surface area (Å²) in [6.07, 6.45) is 0. The predicted molar refractivity (Wildman–Crippen MR) is 73.3 cm³/mol. The second-order valence-electron chi connectivity index (χ2n) is 3.77. The molecular formula is C14H12ClNO. The molecule has 3 aromatic rings. The highest BCUT2D eigenvalue weighted by Crippen LogP contribution is 2.27. The van der Waals surface area contributed by atoms with Gasteiger partial charge in [0.2, 0.25) is 0 Å². The van der Waals surface area contributed by atoms with Crippen LogP contribution in [0.3, 0.4) is 0 Å². The van der Waals surface area contributed by atoms with Gasteiger partial charge in [-0.2, -0.15) is 0 Å². The maximum absolute atomic E-state index is 5.75. The molecule has 0 aliphatic carbocycles. The third-order valence-electron chi connectivity index (χ3n) is 2.62. The number of nitrogens with two attached hydrogens (primary N) is 1. The maximum Gasteiger partial charge on any atom is 0.135 e. The van der Waals surface area contributed by atoms with Crippen LogP contribution in [0.5, 0.6) is 0 Å². The molecule has 0 bridgehead atoms. The summed E-state index contributed by atoms with van der Waals surface area (Å²) in [6, 6.07) is 17.7. The van der Waals surface area contributed by atoms with Crippen molar-refractivity contribution in [2.75, 3.05) is 5.73 Å². The first kappa shape index (κ1) is 11.6. The molecule has 0 aliphatic rings. The molecule has 0 atom stereocenters. The van der Waals surface area contributed by atoms with Crippen molar-refractivity contribution >= 4 is 29.1 Å². The number of nitrogen functional groups attached to an aromatic ring is 1. The van der Waals surface area contributed by atoms with Crippen LogP contribution in [-0.2, 0) is 0 Å². The number of anilines is 1. The Balaban J connectivity index is 0.00000108. The molecule has 0 amide bonds. The molecule has 0 fully saturated rings. The predicted octanol–water partition coefficient (Wildman–Crippen LogP) is 4.10. The molecule has 0 saturated heterocycles. The van der Waals surface area contributed by atoms with Crippen LogP contribution in [0.25, 0.3) is 22.3 Å². The van der Waals surface area contributed by atoms with Crippen LogP contribution < -0.4 is 5.73 Å². The number of benzene rings is 2. The van der Waals surface area contributed by atoms with Gasteiger partial charge in [0.1, 0.15) is 11.3 Å². The highest BCUT2D eigenvalue weighted by Gasteiger charge is 2.04. The lowest BCUT2D eigenvalue weighted by Crippen LogP contribution is -1.82. The molecule has 0 radical (unpaired) electrons. The molecule has 2 nitrogen and oxygen atoms in total. The molecule has 86 valence electrons. The van der Waals surface area contributed by atoms with Crippen molar-refractivity contribution in [2.24, 2.45) is 0 Å². The molecule has 17 heavy (non-hydrogen) atoms. The molecule has 0 saturated carbocycles. The summed E-state index contributed by atoms with van der Waals surface area (Å²) >= 11 is 0. The van der Waals surface area contributed by atoms with E-state index in [4.69, 9.17) is 10.2 Å². The second-order valence-corrected chi connectivity index (χ2v) is 3.77. The van der Waals surface area contributed by atoms with E-state index in [0.717, 1.165) is 28.0 Å². The van der Waals surface area contributed by atoms with Crippen LogP contribution in [0.2, 0.25) is 0 Å². The molecule has 3 rings (SSSR count). The zero-order valence-electron chi connectivity index (χ0n) is 9.09. The Labute approximate surface area is 105 Å². The summed E-state index contributed by atoms with van der Waals surface area (Å²) < 4.78 is 5.75. The monoisotopic (exact) mass is 245 g/mol. The molecule has 1 aromatic heterocycles. The first-order valence-electron chi connectivity index (χ1n) is 5.17.